The number of rotatable bonds is 4. The molecule has 2 aromatic rings. The third kappa shape index (κ3) is 4.30. The first-order chi connectivity index (χ1) is 12.6. The minimum Gasteiger partial charge on any atom is -0.469 e. The fourth-order valence-corrected chi connectivity index (χ4v) is 4.18. The van der Waals surface area contributed by atoms with Crippen molar-refractivity contribution in [2.45, 2.75) is 25.7 Å². The Labute approximate surface area is 164 Å². The van der Waals surface area contributed by atoms with Crippen LogP contribution in [0, 0.1) is 17.7 Å². The summed E-state index contributed by atoms with van der Waals surface area (Å²) in [4.78, 5) is 27.1. The van der Waals surface area contributed by atoms with E-state index >= 15 is 0 Å². The van der Waals surface area contributed by atoms with Crippen molar-refractivity contribution in [2.24, 2.45) is 11.8 Å². The van der Waals surface area contributed by atoms with Gasteiger partial charge in [-0.25, -0.2) is 4.39 Å². The quantitative estimate of drug-likeness (QED) is 0.733. The molecule has 0 radical (unpaired) electrons. The normalized spacial score (nSPS) is 20.8. The van der Waals surface area contributed by atoms with Gasteiger partial charge in [-0.05, 0) is 62.2 Å². The first-order valence-corrected chi connectivity index (χ1v) is 9.22. The SMILES string of the molecule is Cl.O=C1C[C@H](CN2CCC(C(=O)c3ccc(F)cc3)CC2)Cc2occc21. The average molecular weight is 392 g/mol. The van der Waals surface area contributed by atoms with Gasteiger partial charge >= 0.3 is 0 Å². The number of nitrogens with zero attached hydrogens (tertiary/aromatic N) is 1. The molecule has 0 spiro atoms. The van der Waals surface area contributed by atoms with Gasteiger partial charge in [0.15, 0.2) is 11.6 Å². The monoisotopic (exact) mass is 391 g/mol. The molecule has 144 valence electrons. The Morgan fingerprint density at radius 1 is 1.11 bits per heavy atom. The van der Waals surface area contributed by atoms with E-state index in [1.165, 1.54) is 12.1 Å². The van der Waals surface area contributed by atoms with Gasteiger partial charge in [-0.1, -0.05) is 0 Å². The first-order valence-electron chi connectivity index (χ1n) is 9.22. The lowest BCUT2D eigenvalue weighted by molar-refractivity contribution is 0.0810. The Bertz CT molecular complexity index is 809. The minimum atomic E-state index is -0.321. The molecule has 2 heterocycles. The molecule has 0 amide bonds. The molecule has 2 aliphatic rings. The van der Waals surface area contributed by atoms with E-state index in [0.717, 1.165) is 50.2 Å². The number of hydrogen-bond donors (Lipinski definition) is 0. The molecule has 0 N–H and O–H groups in total. The summed E-state index contributed by atoms with van der Waals surface area (Å²) >= 11 is 0. The van der Waals surface area contributed by atoms with E-state index in [9.17, 15) is 14.0 Å². The number of furan rings is 1. The fraction of sp³-hybridized carbons (Fsp3) is 0.429. The average Bonchev–Trinajstić information content (AvgIpc) is 3.12. The summed E-state index contributed by atoms with van der Waals surface area (Å²) in [7, 11) is 0. The molecule has 4 rings (SSSR count). The lowest BCUT2D eigenvalue weighted by Crippen LogP contribution is -2.40. The van der Waals surface area contributed by atoms with Crippen LogP contribution in [0.5, 0.6) is 0 Å². The molecule has 0 unspecified atom stereocenters. The van der Waals surface area contributed by atoms with Gasteiger partial charge in [-0.15, -0.1) is 12.4 Å². The number of carbonyl (C=O) groups is 2. The van der Waals surface area contributed by atoms with Crippen LogP contribution in [0.4, 0.5) is 4.39 Å². The summed E-state index contributed by atoms with van der Waals surface area (Å²) in [5.74, 6) is 1.06. The Balaban J connectivity index is 0.00000210. The van der Waals surface area contributed by atoms with Crippen LogP contribution in [-0.2, 0) is 6.42 Å². The molecule has 0 saturated carbocycles. The molecular formula is C21H23ClFNO3. The van der Waals surface area contributed by atoms with Crippen molar-refractivity contribution in [2.75, 3.05) is 19.6 Å². The number of hydrogen-bond acceptors (Lipinski definition) is 4. The number of carbonyl (C=O) groups excluding carboxylic acids is 2. The zero-order valence-electron chi connectivity index (χ0n) is 15.0. The summed E-state index contributed by atoms with van der Waals surface area (Å²) in [5.41, 5.74) is 1.33. The lowest BCUT2D eigenvalue weighted by Gasteiger charge is -2.34. The van der Waals surface area contributed by atoms with E-state index < -0.39 is 0 Å². The standard InChI is InChI=1S/C21H22FNO3.ClH/c22-17-3-1-15(2-4-17)21(25)16-5-8-23(9-6-16)13-14-11-19(24)18-7-10-26-20(18)12-14;/h1-4,7,10,14,16H,5-6,8-9,11-13H2;1H/t14-;/m0./s1. The Hall–Kier alpha value is -1.98. The Morgan fingerprint density at radius 3 is 2.52 bits per heavy atom. The van der Waals surface area contributed by atoms with Crippen LogP contribution in [0.1, 0.15) is 45.7 Å². The van der Waals surface area contributed by atoms with Gasteiger partial charge in [0.2, 0.25) is 0 Å². The molecule has 1 saturated heterocycles. The van der Waals surface area contributed by atoms with Gasteiger partial charge in [0.25, 0.3) is 0 Å². The number of Topliss-reactive ketones (excluding diaryl/α,β-unsaturated/α-hetero) is 2. The van der Waals surface area contributed by atoms with Crippen molar-refractivity contribution in [3.05, 3.63) is 59.3 Å². The van der Waals surface area contributed by atoms with Crippen LogP contribution >= 0.6 is 12.4 Å². The second-order valence-electron chi connectivity index (χ2n) is 7.40. The summed E-state index contributed by atoms with van der Waals surface area (Å²) in [5, 5.41) is 0. The van der Waals surface area contributed by atoms with Crippen LogP contribution < -0.4 is 0 Å². The molecule has 27 heavy (non-hydrogen) atoms. The van der Waals surface area contributed by atoms with Crippen molar-refractivity contribution in [3.63, 3.8) is 0 Å². The number of ketones is 2. The van der Waals surface area contributed by atoms with Crippen molar-refractivity contribution in [3.8, 4) is 0 Å². The Morgan fingerprint density at radius 2 is 1.81 bits per heavy atom. The molecule has 0 bridgehead atoms. The molecule has 1 aromatic carbocycles. The third-order valence-electron chi connectivity index (χ3n) is 5.60. The number of halogens is 2. The highest BCUT2D eigenvalue weighted by Gasteiger charge is 2.31. The van der Waals surface area contributed by atoms with Gasteiger partial charge in [0, 0.05) is 30.9 Å². The summed E-state index contributed by atoms with van der Waals surface area (Å²) in [6.07, 6.45) is 4.59. The molecular weight excluding hydrogens is 369 g/mol. The van der Waals surface area contributed by atoms with Gasteiger partial charge in [0.05, 0.1) is 11.8 Å². The molecule has 1 fully saturated rings. The summed E-state index contributed by atoms with van der Waals surface area (Å²) in [6.45, 7) is 2.57. The molecule has 1 atom stereocenters. The number of fused-ring (bicyclic) bond motifs is 1. The fourth-order valence-electron chi connectivity index (χ4n) is 4.18. The van der Waals surface area contributed by atoms with Crippen molar-refractivity contribution < 1.29 is 18.4 Å². The molecule has 1 aliphatic heterocycles. The minimum absolute atomic E-state index is 0. The van der Waals surface area contributed by atoms with E-state index in [2.05, 4.69) is 4.90 Å². The second-order valence-corrected chi connectivity index (χ2v) is 7.40. The van der Waals surface area contributed by atoms with Gasteiger partial charge < -0.3 is 9.32 Å². The first kappa shape index (κ1) is 19.8. The smallest absolute Gasteiger partial charge is 0.166 e. The highest BCUT2D eigenvalue weighted by atomic mass is 35.5. The van der Waals surface area contributed by atoms with Crippen LogP contribution in [0.3, 0.4) is 0 Å². The molecule has 1 aromatic heterocycles. The maximum absolute atomic E-state index is 13.0. The van der Waals surface area contributed by atoms with E-state index in [-0.39, 0.29) is 41.6 Å². The van der Waals surface area contributed by atoms with E-state index in [1.54, 1.807) is 24.5 Å². The Kier molecular flexibility index (Phi) is 6.12. The van der Waals surface area contributed by atoms with E-state index in [1.807, 2.05) is 0 Å². The summed E-state index contributed by atoms with van der Waals surface area (Å²) < 4.78 is 18.5. The van der Waals surface area contributed by atoms with Crippen LogP contribution in [0.2, 0.25) is 0 Å². The van der Waals surface area contributed by atoms with E-state index in [4.69, 9.17) is 4.42 Å². The van der Waals surface area contributed by atoms with Gasteiger partial charge in [-0.2, -0.15) is 0 Å². The highest BCUT2D eigenvalue weighted by Crippen LogP contribution is 2.29. The third-order valence-corrected chi connectivity index (χ3v) is 5.60. The van der Waals surface area contributed by atoms with Gasteiger partial charge in [-0.3, -0.25) is 9.59 Å². The van der Waals surface area contributed by atoms with Crippen LogP contribution in [0.15, 0.2) is 41.0 Å². The predicted molar refractivity (Wildman–Crippen MR) is 102 cm³/mol. The molecule has 4 nitrogen and oxygen atoms in total. The van der Waals surface area contributed by atoms with E-state index in [0.29, 0.717) is 12.0 Å². The molecule has 1 aliphatic carbocycles. The largest absolute Gasteiger partial charge is 0.469 e. The van der Waals surface area contributed by atoms with Gasteiger partial charge in [0.1, 0.15) is 11.6 Å². The number of benzene rings is 1. The number of likely N-dealkylation sites (tertiary alicyclic amines) is 1. The predicted octanol–water partition coefficient (Wildman–Crippen LogP) is 4.18. The zero-order valence-corrected chi connectivity index (χ0v) is 15.8. The van der Waals surface area contributed by atoms with Crippen molar-refractivity contribution in [1.82, 2.24) is 4.90 Å². The maximum atomic E-state index is 13.0. The number of piperidine rings is 1. The topological polar surface area (TPSA) is 50.5 Å². The van der Waals surface area contributed by atoms with Crippen LogP contribution in [-0.4, -0.2) is 36.1 Å². The lowest BCUT2D eigenvalue weighted by atomic mass is 9.85. The summed E-state index contributed by atoms with van der Waals surface area (Å²) in [6, 6.07) is 7.58. The zero-order chi connectivity index (χ0) is 18.1. The highest BCUT2D eigenvalue weighted by molar-refractivity contribution is 5.98. The molecule has 6 heteroatoms. The van der Waals surface area contributed by atoms with Crippen LogP contribution in [0.25, 0.3) is 0 Å². The van der Waals surface area contributed by atoms with Crippen molar-refractivity contribution in [1.29, 1.82) is 0 Å². The maximum Gasteiger partial charge on any atom is 0.166 e. The van der Waals surface area contributed by atoms with Crippen molar-refractivity contribution >= 4 is 24.0 Å². The second kappa shape index (κ2) is 8.36.